The van der Waals surface area contributed by atoms with Gasteiger partial charge in [-0.1, -0.05) is 27.7 Å². The van der Waals surface area contributed by atoms with Crippen molar-refractivity contribution in [3.63, 3.8) is 0 Å². The molecule has 0 N–H and O–H groups in total. The third-order valence-electron chi connectivity index (χ3n) is 2.47. The van der Waals surface area contributed by atoms with E-state index >= 15 is 0 Å². The summed E-state index contributed by atoms with van der Waals surface area (Å²) in [4.78, 5) is 0. The zero-order chi connectivity index (χ0) is 19.2. The zero-order valence-corrected chi connectivity index (χ0v) is 13.2. The molecule has 0 saturated carbocycles. The van der Waals surface area contributed by atoms with Crippen LogP contribution in [0.5, 0.6) is 0 Å². The molecule has 0 bridgehead atoms. The molecule has 0 nitrogen and oxygen atoms in total. The van der Waals surface area contributed by atoms with E-state index in [1.807, 2.05) is 27.7 Å². The van der Waals surface area contributed by atoms with Crippen LogP contribution in [0.15, 0.2) is 12.1 Å². The Morgan fingerprint density at radius 1 is 0.417 bits per heavy atom. The number of benzene rings is 2. The van der Waals surface area contributed by atoms with Gasteiger partial charge in [0.15, 0.2) is 46.5 Å². The van der Waals surface area contributed by atoms with E-state index in [1.54, 1.807) is 0 Å². The maximum atomic E-state index is 13.4. The molecular formula is C16H14F8. The van der Waals surface area contributed by atoms with Gasteiger partial charge in [-0.2, -0.15) is 0 Å². The highest BCUT2D eigenvalue weighted by Gasteiger charge is 2.29. The van der Waals surface area contributed by atoms with Crippen molar-refractivity contribution in [1.82, 2.24) is 0 Å². The molecule has 0 aliphatic heterocycles. The first-order valence-electron chi connectivity index (χ1n) is 6.92. The van der Waals surface area contributed by atoms with Crippen LogP contribution in [0.3, 0.4) is 0 Å². The highest BCUT2D eigenvalue weighted by molar-refractivity contribution is 5.67. The van der Waals surface area contributed by atoms with E-state index in [4.69, 9.17) is 0 Å². The predicted molar refractivity (Wildman–Crippen MR) is 74.2 cm³/mol. The standard InChI is InChI=1S/C12H2F8.2C2H6/c13-3-1-4(14)10(18)7(9(3)17)8-11(19)5(15)2-6(16)12(8)20;2*1-2/h1-2H;2*1-2H3. The van der Waals surface area contributed by atoms with Crippen molar-refractivity contribution in [2.75, 3.05) is 0 Å². The van der Waals surface area contributed by atoms with Gasteiger partial charge in [0, 0.05) is 12.1 Å². The summed E-state index contributed by atoms with van der Waals surface area (Å²) in [5, 5.41) is 0. The average Bonchev–Trinajstić information content (AvgIpc) is 2.58. The van der Waals surface area contributed by atoms with Gasteiger partial charge in [0.25, 0.3) is 0 Å². The first-order valence-corrected chi connectivity index (χ1v) is 6.92. The minimum Gasteiger partial charge on any atom is -0.204 e. The molecule has 0 spiro atoms. The summed E-state index contributed by atoms with van der Waals surface area (Å²) in [7, 11) is 0. The Kier molecular flexibility index (Phi) is 8.43. The maximum Gasteiger partial charge on any atom is 0.170 e. The molecule has 2 rings (SSSR count). The number of hydrogen-bond acceptors (Lipinski definition) is 0. The molecule has 0 heterocycles. The van der Waals surface area contributed by atoms with E-state index in [9.17, 15) is 35.1 Å². The summed E-state index contributed by atoms with van der Waals surface area (Å²) in [5.74, 6) is -16.6. The number of halogens is 8. The van der Waals surface area contributed by atoms with E-state index in [1.165, 1.54) is 0 Å². The van der Waals surface area contributed by atoms with Crippen LogP contribution in [-0.2, 0) is 0 Å². The third-order valence-corrected chi connectivity index (χ3v) is 2.47. The van der Waals surface area contributed by atoms with E-state index < -0.39 is 57.7 Å². The van der Waals surface area contributed by atoms with Crippen molar-refractivity contribution in [1.29, 1.82) is 0 Å². The summed E-state index contributed by atoms with van der Waals surface area (Å²) in [5.41, 5.74) is -3.73. The molecule has 2 aromatic rings. The number of hydrogen-bond donors (Lipinski definition) is 0. The highest BCUT2D eigenvalue weighted by atomic mass is 19.2. The first-order chi connectivity index (χ1) is 11.3. The molecule has 0 radical (unpaired) electrons. The van der Waals surface area contributed by atoms with Gasteiger partial charge in [-0.05, 0) is 0 Å². The molecule has 0 unspecified atom stereocenters. The Morgan fingerprint density at radius 2 is 0.583 bits per heavy atom. The second-order valence-electron chi connectivity index (χ2n) is 3.69. The lowest BCUT2D eigenvalue weighted by atomic mass is 10.0. The maximum absolute atomic E-state index is 13.4. The molecule has 134 valence electrons. The van der Waals surface area contributed by atoms with Crippen LogP contribution in [0, 0.1) is 46.5 Å². The Labute approximate surface area is 133 Å². The molecule has 24 heavy (non-hydrogen) atoms. The van der Waals surface area contributed by atoms with Gasteiger partial charge in [-0.25, -0.2) is 35.1 Å². The van der Waals surface area contributed by atoms with Crippen molar-refractivity contribution in [2.45, 2.75) is 27.7 Å². The lowest BCUT2D eigenvalue weighted by Gasteiger charge is -2.10. The van der Waals surface area contributed by atoms with Crippen LogP contribution in [0.4, 0.5) is 35.1 Å². The fourth-order valence-electron chi connectivity index (χ4n) is 1.59. The largest absolute Gasteiger partial charge is 0.204 e. The highest BCUT2D eigenvalue weighted by Crippen LogP contribution is 2.35. The van der Waals surface area contributed by atoms with Gasteiger partial charge < -0.3 is 0 Å². The summed E-state index contributed by atoms with van der Waals surface area (Å²) >= 11 is 0. The smallest absolute Gasteiger partial charge is 0.170 e. The first kappa shape index (κ1) is 21.9. The molecule has 8 heteroatoms. The molecular weight excluding hydrogens is 344 g/mol. The van der Waals surface area contributed by atoms with Crippen LogP contribution in [0.25, 0.3) is 11.1 Å². The second-order valence-corrected chi connectivity index (χ2v) is 3.69. The van der Waals surface area contributed by atoms with E-state index in [0.717, 1.165) is 0 Å². The Balaban J connectivity index is 0.00000123. The lowest BCUT2D eigenvalue weighted by molar-refractivity contribution is 0.441. The third kappa shape index (κ3) is 4.04. The van der Waals surface area contributed by atoms with Gasteiger partial charge in [-0.3, -0.25) is 0 Å². The lowest BCUT2D eigenvalue weighted by Crippen LogP contribution is -2.05. The van der Waals surface area contributed by atoms with Crippen molar-refractivity contribution < 1.29 is 35.1 Å². The molecule has 0 fully saturated rings. The van der Waals surface area contributed by atoms with Gasteiger partial charge in [0.05, 0.1) is 11.1 Å². The monoisotopic (exact) mass is 358 g/mol. The summed E-state index contributed by atoms with van der Waals surface area (Å²) < 4.78 is 105. The molecule has 0 saturated heterocycles. The van der Waals surface area contributed by atoms with Crippen molar-refractivity contribution in [3.05, 3.63) is 58.7 Å². The van der Waals surface area contributed by atoms with E-state index in [-0.39, 0.29) is 12.1 Å². The Hall–Kier alpha value is -2.12. The van der Waals surface area contributed by atoms with Crippen LogP contribution in [-0.4, -0.2) is 0 Å². The molecule has 0 aliphatic carbocycles. The minimum absolute atomic E-state index is 0.209. The minimum atomic E-state index is -2.17. The van der Waals surface area contributed by atoms with Crippen LogP contribution >= 0.6 is 0 Å². The SMILES string of the molecule is CC.CC.Fc1cc(F)c(F)c(-c2c(F)c(F)cc(F)c2F)c1F. The quantitative estimate of drug-likeness (QED) is 0.402. The molecule has 2 aromatic carbocycles. The van der Waals surface area contributed by atoms with Crippen molar-refractivity contribution >= 4 is 0 Å². The topological polar surface area (TPSA) is 0 Å². The fraction of sp³-hybridized carbons (Fsp3) is 0.250. The normalized spacial score (nSPS) is 9.67. The average molecular weight is 358 g/mol. The van der Waals surface area contributed by atoms with E-state index in [2.05, 4.69) is 0 Å². The van der Waals surface area contributed by atoms with Crippen LogP contribution in [0.2, 0.25) is 0 Å². The van der Waals surface area contributed by atoms with Gasteiger partial charge >= 0.3 is 0 Å². The number of rotatable bonds is 1. The van der Waals surface area contributed by atoms with Crippen molar-refractivity contribution in [3.8, 4) is 11.1 Å². The Bertz CT molecular complexity index is 596. The Morgan fingerprint density at radius 3 is 0.750 bits per heavy atom. The summed E-state index contributed by atoms with van der Waals surface area (Å²) in [6.07, 6.45) is 0. The summed E-state index contributed by atoms with van der Waals surface area (Å²) in [6, 6.07) is -0.417. The van der Waals surface area contributed by atoms with Gasteiger partial charge in [-0.15, -0.1) is 0 Å². The van der Waals surface area contributed by atoms with Crippen LogP contribution < -0.4 is 0 Å². The zero-order valence-electron chi connectivity index (χ0n) is 13.2. The second kappa shape index (κ2) is 9.24. The predicted octanol–water partition coefficient (Wildman–Crippen LogP) is 6.52. The fourth-order valence-corrected chi connectivity index (χ4v) is 1.59. The van der Waals surface area contributed by atoms with E-state index in [0.29, 0.717) is 0 Å². The molecule has 0 amide bonds. The van der Waals surface area contributed by atoms with Crippen molar-refractivity contribution in [2.24, 2.45) is 0 Å². The van der Waals surface area contributed by atoms with Gasteiger partial charge in [0.1, 0.15) is 0 Å². The summed E-state index contributed by atoms with van der Waals surface area (Å²) in [6.45, 7) is 8.00. The molecule has 0 atom stereocenters. The molecule has 0 aliphatic rings. The molecule has 0 aromatic heterocycles. The van der Waals surface area contributed by atoms with Crippen LogP contribution in [0.1, 0.15) is 27.7 Å². The van der Waals surface area contributed by atoms with Gasteiger partial charge in [0.2, 0.25) is 0 Å².